The van der Waals surface area contributed by atoms with Crippen LogP contribution in [-0.4, -0.2) is 11.9 Å². The first-order valence-corrected chi connectivity index (χ1v) is 5.25. The molecule has 0 aromatic carbocycles. The fraction of sp³-hybridized carbons (Fsp3) is 0.818. The summed E-state index contributed by atoms with van der Waals surface area (Å²) in [5.74, 6) is -0.885. The second-order valence-corrected chi connectivity index (χ2v) is 5.19. The van der Waals surface area contributed by atoms with Crippen LogP contribution in [0.15, 0.2) is 0 Å². The molecule has 1 aliphatic heterocycles. The van der Waals surface area contributed by atoms with Crippen molar-refractivity contribution in [1.82, 2.24) is 0 Å². The Morgan fingerprint density at radius 3 is 1.93 bits per heavy atom. The molecule has 0 amide bonds. The van der Waals surface area contributed by atoms with Crippen LogP contribution < -0.4 is 0 Å². The van der Waals surface area contributed by atoms with Gasteiger partial charge in [0.25, 0.3) is 0 Å². The molecule has 0 N–H and O–H groups in total. The lowest BCUT2D eigenvalue weighted by Gasteiger charge is -2.21. The standard InChI is InChI=1S/C11H16O3/c1-11(2)5-3-7-8(4-6-11)10(13)14-9(7)12/h7-8H,3-6H2,1-2H3. The zero-order chi connectivity index (χ0) is 10.3. The van der Waals surface area contributed by atoms with Gasteiger partial charge in [0.15, 0.2) is 0 Å². The predicted molar refractivity (Wildman–Crippen MR) is 50.3 cm³/mol. The number of fused-ring (bicyclic) bond motifs is 1. The van der Waals surface area contributed by atoms with E-state index >= 15 is 0 Å². The van der Waals surface area contributed by atoms with Gasteiger partial charge in [-0.3, -0.25) is 9.59 Å². The van der Waals surface area contributed by atoms with Crippen molar-refractivity contribution < 1.29 is 14.3 Å². The summed E-state index contributed by atoms with van der Waals surface area (Å²) in [6.45, 7) is 4.40. The molecule has 0 aromatic heterocycles. The minimum atomic E-state index is -0.294. The Morgan fingerprint density at radius 2 is 1.50 bits per heavy atom. The van der Waals surface area contributed by atoms with Crippen LogP contribution in [0.5, 0.6) is 0 Å². The monoisotopic (exact) mass is 196 g/mol. The van der Waals surface area contributed by atoms with E-state index in [9.17, 15) is 9.59 Å². The van der Waals surface area contributed by atoms with Gasteiger partial charge in [-0.25, -0.2) is 0 Å². The second kappa shape index (κ2) is 3.07. The molecule has 2 aliphatic rings. The average Bonchev–Trinajstić information content (AvgIpc) is 2.26. The van der Waals surface area contributed by atoms with Gasteiger partial charge >= 0.3 is 11.9 Å². The minimum Gasteiger partial charge on any atom is -0.393 e. The Balaban J connectivity index is 2.17. The van der Waals surface area contributed by atoms with Crippen LogP contribution in [0, 0.1) is 17.3 Å². The minimum absolute atomic E-state index is 0.149. The van der Waals surface area contributed by atoms with Gasteiger partial charge in [-0.05, 0) is 31.1 Å². The molecular formula is C11H16O3. The van der Waals surface area contributed by atoms with E-state index in [-0.39, 0.29) is 29.2 Å². The van der Waals surface area contributed by atoms with Crippen LogP contribution >= 0.6 is 0 Å². The number of carbonyl (C=O) groups is 2. The van der Waals surface area contributed by atoms with E-state index in [1.54, 1.807) is 0 Å². The first-order chi connectivity index (χ1) is 6.49. The zero-order valence-corrected chi connectivity index (χ0v) is 8.71. The second-order valence-electron chi connectivity index (χ2n) is 5.19. The molecule has 1 saturated carbocycles. The topological polar surface area (TPSA) is 43.4 Å². The highest BCUT2D eigenvalue weighted by atomic mass is 16.6. The summed E-state index contributed by atoms with van der Waals surface area (Å²) in [4.78, 5) is 22.7. The number of hydrogen-bond donors (Lipinski definition) is 0. The molecule has 3 nitrogen and oxygen atoms in total. The van der Waals surface area contributed by atoms with Crippen molar-refractivity contribution in [2.24, 2.45) is 17.3 Å². The van der Waals surface area contributed by atoms with Gasteiger partial charge in [-0.2, -0.15) is 0 Å². The molecule has 2 unspecified atom stereocenters. The predicted octanol–water partition coefficient (Wildman–Crippen LogP) is 1.90. The Bertz CT molecular complexity index is 254. The third-order valence-electron chi connectivity index (χ3n) is 3.56. The van der Waals surface area contributed by atoms with Crippen molar-refractivity contribution in [3.8, 4) is 0 Å². The summed E-state index contributed by atoms with van der Waals surface area (Å²) >= 11 is 0. The van der Waals surface area contributed by atoms with E-state index in [0.717, 1.165) is 25.7 Å². The highest BCUT2D eigenvalue weighted by Gasteiger charge is 2.46. The molecule has 0 bridgehead atoms. The first kappa shape index (κ1) is 9.69. The normalized spacial score (nSPS) is 36.1. The van der Waals surface area contributed by atoms with Gasteiger partial charge < -0.3 is 4.74 Å². The van der Waals surface area contributed by atoms with E-state index in [1.165, 1.54) is 0 Å². The Hall–Kier alpha value is -0.860. The van der Waals surface area contributed by atoms with E-state index in [2.05, 4.69) is 18.6 Å². The lowest BCUT2D eigenvalue weighted by molar-refractivity contribution is -0.154. The highest BCUT2D eigenvalue weighted by molar-refractivity contribution is 5.96. The molecule has 1 saturated heterocycles. The Morgan fingerprint density at radius 1 is 1.07 bits per heavy atom. The summed E-state index contributed by atoms with van der Waals surface area (Å²) < 4.78 is 4.65. The van der Waals surface area contributed by atoms with E-state index in [4.69, 9.17) is 0 Å². The maximum Gasteiger partial charge on any atom is 0.317 e. The molecular weight excluding hydrogens is 180 g/mol. The van der Waals surface area contributed by atoms with Crippen molar-refractivity contribution in [3.05, 3.63) is 0 Å². The fourth-order valence-electron chi connectivity index (χ4n) is 2.43. The Kier molecular flexibility index (Phi) is 2.13. The zero-order valence-electron chi connectivity index (χ0n) is 8.71. The van der Waals surface area contributed by atoms with E-state index in [1.807, 2.05) is 0 Å². The third kappa shape index (κ3) is 1.56. The number of rotatable bonds is 0. The summed E-state index contributed by atoms with van der Waals surface area (Å²) in [5.41, 5.74) is 0.269. The van der Waals surface area contributed by atoms with Crippen molar-refractivity contribution >= 4 is 11.9 Å². The number of esters is 2. The van der Waals surface area contributed by atoms with Crippen molar-refractivity contribution in [2.75, 3.05) is 0 Å². The number of ether oxygens (including phenoxy) is 1. The maximum absolute atomic E-state index is 11.3. The van der Waals surface area contributed by atoms with Gasteiger partial charge in [-0.1, -0.05) is 13.8 Å². The van der Waals surface area contributed by atoms with Gasteiger partial charge in [-0.15, -0.1) is 0 Å². The molecule has 1 aliphatic carbocycles. The van der Waals surface area contributed by atoms with Gasteiger partial charge in [0.2, 0.25) is 0 Å². The molecule has 78 valence electrons. The lowest BCUT2D eigenvalue weighted by Crippen LogP contribution is -2.15. The van der Waals surface area contributed by atoms with Crippen molar-refractivity contribution in [3.63, 3.8) is 0 Å². The van der Waals surface area contributed by atoms with E-state index < -0.39 is 0 Å². The van der Waals surface area contributed by atoms with Crippen LogP contribution in [0.1, 0.15) is 39.5 Å². The van der Waals surface area contributed by atoms with Crippen LogP contribution in [0.3, 0.4) is 0 Å². The third-order valence-corrected chi connectivity index (χ3v) is 3.56. The van der Waals surface area contributed by atoms with Crippen molar-refractivity contribution in [1.29, 1.82) is 0 Å². The highest BCUT2D eigenvalue weighted by Crippen LogP contribution is 2.42. The number of hydrogen-bond acceptors (Lipinski definition) is 3. The summed E-state index contributed by atoms with van der Waals surface area (Å²) in [6.07, 6.45) is 3.64. The van der Waals surface area contributed by atoms with Crippen LogP contribution in [0.25, 0.3) is 0 Å². The summed E-state index contributed by atoms with van der Waals surface area (Å²) in [6, 6.07) is 0. The molecule has 2 rings (SSSR count). The molecule has 2 atom stereocenters. The smallest absolute Gasteiger partial charge is 0.317 e. The van der Waals surface area contributed by atoms with Crippen molar-refractivity contribution in [2.45, 2.75) is 39.5 Å². The quantitative estimate of drug-likeness (QED) is 0.439. The Labute approximate surface area is 83.8 Å². The van der Waals surface area contributed by atoms with Crippen LogP contribution in [0.4, 0.5) is 0 Å². The van der Waals surface area contributed by atoms with Gasteiger partial charge in [0.1, 0.15) is 0 Å². The van der Waals surface area contributed by atoms with E-state index in [0.29, 0.717) is 0 Å². The maximum atomic E-state index is 11.3. The van der Waals surface area contributed by atoms with Crippen LogP contribution in [-0.2, 0) is 14.3 Å². The molecule has 2 fully saturated rings. The molecule has 0 radical (unpaired) electrons. The first-order valence-electron chi connectivity index (χ1n) is 5.25. The molecule has 1 heterocycles. The molecule has 3 heteroatoms. The SMILES string of the molecule is CC1(C)CCC2C(=O)OC(=O)C2CC1. The summed E-state index contributed by atoms with van der Waals surface area (Å²) in [5, 5.41) is 0. The number of cyclic esters (lactones) is 2. The largest absolute Gasteiger partial charge is 0.393 e. The molecule has 0 aromatic rings. The molecule has 0 spiro atoms. The lowest BCUT2D eigenvalue weighted by atomic mass is 9.84. The average molecular weight is 196 g/mol. The van der Waals surface area contributed by atoms with Crippen LogP contribution in [0.2, 0.25) is 0 Å². The fourth-order valence-corrected chi connectivity index (χ4v) is 2.43. The summed E-state index contributed by atoms with van der Waals surface area (Å²) in [7, 11) is 0. The molecule has 14 heavy (non-hydrogen) atoms. The number of carbonyl (C=O) groups excluding carboxylic acids is 2. The van der Waals surface area contributed by atoms with Gasteiger partial charge in [0.05, 0.1) is 11.8 Å². The van der Waals surface area contributed by atoms with Gasteiger partial charge in [0, 0.05) is 0 Å².